The van der Waals surface area contributed by atoms with Gasteiger partial charge in [0.25, 0.3) is 5.91 Å². The molecule has 3 amide bonds. The fraction of sp³-hybridized carbons (Fsp3) is 0.308. The van der Waals surface area contributed by atoms with Crippen LogP contribution < -0.4 is 10.2 Å². The molecule has 1 aromatic carbocycles. The predicted molar refractivity (Wildman–Crippen MR) is 134 cm³/mol. The summed E-state index contributed by atoms with van der Waals surface area (Å²) in [7, 11) is 0. The van der Waals surface area contributed by atoms with E-state index in [0.717, 1.165) is 4.90 Å². The average molecular weight is 547 g/mol. The molecule has 2 aromatic heterocycles. The number of rotatable bonds is 8. The quantitative estimate of drug-likeness (QED) is 0.282. The van der Waals surface area contributed by atoms with E-state index < -0.39 is 34.8 Å². The van der Waals surface area contributed by atoms with Gasteiger partial charge < -0.3 is 15.5 Å². The van der Waals surface area contributed by atoms with E-state index in [9.17, 15) is 33.0 Å². The molecule has 0 saturated carbocycles. The van der Waals surface area contributed by atoms with Crippen molar-refractivity contribution in [1.29, 1.82) is 0 Å². The number of alkyl halides is 3. The number of carbonyl (C=O) groups is 2. The Morgan fingerprint density at radius 1 is 0.921 bits per heavy atom. The van der Waals surface area contributed by atoms with Crippen molar-refractivity contribution in [2.24, 2.45) is 0 Å². The summed E-state index contributed by atoms with van der Waals surface area (Å²) in [4.78, 5) is 36.6. The van der Waals surface area contributed by atoms with Crippen LogP contribution in [-0.4, -0.2) is 43.2 Å². The van der Waals surface area contributed by atoms with E-state index in [1.54, 1.807) is 26.0 Å². The lowest BCUT2D eigenvalue weighted by molar-refractivity contribution is -0.123. The van der Waals surface area contributed by atoms with Gasteiger partial charge in [-0.25, -0.2) is 9.69 Å². The fourth-order valence-electron chi connectivity index (χ4n) is 5.03. The maximum Gasteiger partial charge on any atom is 0.446 e. The van der Waals surface area contributed by atoms with E-state index in [2.05, 4.69) is 15.3 Å². The first-order valence-electron chi connectivity index (χ1n) is 11.6. The van der Waals surface area contributed by atoms with E-state index in [4.69, 9.17) is 0 Å². The maximum absolute atomic E-state index is 14.3. The zero-order chi connectivity index (χ0) is 27.7. The van der Waals surface area contributed by atoms with Crippen molar-refractivity contribution in [3.8, 4) is 0 Å². The number of imide groups is 1. The largest absolute Gasteiger partial charge is 0.446 e. The Balaban J connectivity index is 1.83. The Kier molecular flexibility index (Phi) is 7.77. The van der Waals surface area contributed by atoms with E-state index in [-0.39, 0.29) is 35.6 Å². The van der Waals surface area contributed by atoms with Crippen LogP contribution in [0.2, 0.25) is 0 Å². The number of aromatic nitrogens is 2. The van der Waals surface area contributed by atoms with Gasteiger partial charge in [0.05, 0.1) is 18.9 Å². The van der Waals surface area contributed by atoms with Gasteiger partial charge in [-0.2, -0.15) is 13.2 Å². The number of hydrogen-bond donors (Lipinski definition) is 3. The number of halogens is 3. The topological polar surface area (TPSA) is 116 Å². The van der Waals surface area contributed by atoms with E-state index in [1.807, 2.05) is 0 Å². The first-order chi connectivity index (χ1) is 18.0. The molecule has 3 aromatic rings. The molecule has 2 unspecified atom stereocenters. The molecule has 1 aliphatic rings. The molecule has 4 rings (SSSR count). The number of carbonyl (C=O) groups excluding carboxylic acids is 2. The number of thioether (sulfide) groups is 1. The van der Waals surface area contributed by atoms with Gasteiger partial charge in [-0.15, -0.1) is 0 Å². The lowest BCUT2D eigenvalue weighted by Gasteiger charge is -2.39. The molecule has 200 valence electrons. The van der Waals surface area contributed by atoms with Crippen molar-refractivity contribution < 1.29 is 33.0 Å². The Labute approximate surface area is 220 Å². The number of aliphatic hydroxyl groups excluding tert-OH is 2. The molecule has 38 heavy (non-hydrogen) atoms. The summed E-state index contributed by atoms with van der Waals surface area (Å²) in [5, 5.41) is 22.7. The van der Waals surface area contributed by atoms with Gasteiger partial charge in [0, 0.05) is 41.5 Å². The Bertz CT molecular complexity index is 1280. The number of amides is 3. The van der Waals surface area contributed by atoms with Crippen LogP contribution in [0.5, 0.6) is 0 Å². The van der Waals surface area contributed by atoms with Crippen molar-refractivity contribution in [3.05, 3.63) is 83.4 Å². The van der Waals surface area contributed by atoms with Crippen molar-refractivity contribution in [1.82, 2.24) is 15.3 Å². The molecule has 0 aliphatic carbocycles. The van der Waals surface area contributed by atoms with Crippen LogP contribution in [0.25, 0.3) is 0 Å². The van der Waals surface area contributed by atoms with Gasteiger partial charge in [0.1, 0.15) is 5.54 Å². The Hall–Kier alpha value is -3.48. The zero-order valence-corrected chi connectivity index (χ0v) is 21.3. The molecule has 3 N–H and O–H groups in total. The molecular formula is C26H25F3N4O4S. The SMILES string of the molecule is CC(c1ccncc1CO)C1(C(C)c2ccncc2CO)NC(=O)N(c2ccc(SC(F)(F)F)cc2)C1=O. The van der Waals surface area contributed by atoms with E-state index in [1.165, 1.54) is 49.1 Å². The van der Waals surface area contributed by atoms with Crippen LogP contribution in [0.4, 0.5) is 23.7 Å². The van der Waals surface area contributed by atoms with Crippen LogP contribution in [0, 0.1) is 0 Å². The highest BCUT2D eigenvalue weighted by Gasteiger charge is 2.59. The highest BCUT2D eigenvalue weighted by atomic mass is 32.2. The molecule has 2 atom stereocenters. The van der Waals surface area contributed by atoms with Gasteiger partial charge in [-0.1, -0.05) is 13.8 Å². The highest BCUT2D eigenvalue weighted by molar-refractivity contribution is 8.00. The molecule has 1 fully saturated rings. The minimum atomic E-state index is -4.48. The number of anilines is 1. The predicted octanol–water partition coefficient (Wildman–Crippen LogP) is 4.48. The number of urea groups is 1. The van der Waals surface area contributed by atoms with Gasteiger partial charge in [0.15, 0.2) is 0 Å². The lowest BCUT2D eigenvalue weighted by Crippen LogP contribution is -2.55. The first-order valence-corrected chi connectivity index (χ1v) is 12.4. The van der Waals surface area contributed by atoms with Gasteiger partial charge in [0.2, 0.25) is 0 Å². The van der Waals surface area contributed by atoms with Crippen molar-refractivity contribution in [2.45, 2.75) is 54.8 Å². The first kappa shape index (κ1) is 27.6. The number of benzene rings is 1. The van der Waals surface area contributed by atoms with Crippen LogP contribution >= 0.6 is 11.8 Å². The average Bonchev–Trinajstić information content (AvgIpc) is 3.17. The standard InChI is InChI=1S/C26H25F3N4O4S/c1-15(21-7-9-30-11-17(21)13-34)25(16(2)22-8-10-31-12-18(22)14-35)23(36)33(24(37)32-25)19-3-5-20(6-4-19)38-26(27,28)29/h3-12,15-16,34-35H,13-14H2,1-2H3,(H,32,37). The second-order valence-electron chi connectivity index (χ2n) is 8.89. The molecular weight excluding hydrogens is 521 g/mol. The third-order valence-electron chi connectivity index (χ3n) is 6.92. The van der Waals surface area contributed by atoms with Gasteiger partial charge >= 0.3 is 11.5 Å². The minimum Gasteiger partial charge on any atom is -0.392 e. The summed E-state index contributed by atoms with van der Waals surface area (Å²) >= 11 is -0.297. The summed E-state index contributed by atoms with van der Waals surface area (Å²) in [6, 6.07) is 7.54. The van der Waals surface area contributed by atoms with Crippen LogP contribution in [0.15, 0.2) is 66.1 Å². The van der Waals surface area contributed by atoms with Crippen molar-refractivity contribution >= 4 is 29.4 Å². The zero-order valence-electron chi connectivity index (χ0n) is 20.4. The maximum atomic E-state index is 14.3. The molecule has 1 aliphatic heterocycles. The monoisotopic (exact) mass is 546 g/mol. The van der Waals surface area contributed by atoms with E-state index >= 15 is 0 Å². The second-order valence-corrected chi connectivity index (χ2v) is 10.0. The van der Waals surface area contributed by atoms with E-state index in [0.29, 0.717) is 22.3 Å². The molecule has 0 radical (unpaired) electrons. The van der Waals surface area contributed by atoms with Crippen molar-refractivity contribution in [3.63, 3.8) is 0 Å². The molecule has 1 saturated heterocycles. The summed E-state index contributed by atoms with van der Waals surface area (Å²) in [5.41, 5.74) is -3.85. The third-order valence-corrected chi connectivity index (χ3v) is 7.66. The molecule has 3 heterocycles. The fourth-order valence-corrected chi connectivity index (χ4v) is 5.57. The number of nitrogens with zero attached hydrogens (tertiary/aromatic N) is 3. The summed E-state index contributed by atoms with van der Waals surface area (Å²) < 4.78 is 38.3. The third kappa shape index (κ3) is 4.98. The normalized spacial score (nSPS) is 19.4. The summed E-state index contributed by atoms with van der Waals surface area (Å²) in [6.45, 7) is 2.80. The Morgan fingerprint density at radius 2 is 1.42 bits per heavy atom. The molecule has 0 spiro atoms. The molecule has 0 bridgehead atoms. The van der Waals surface area contributed by atoms with Crippen LogP contribution in [-0.2, 0) is 18.0 Å². The summed E-state index contributed by atoms with van der Waals surface area (Å²) in [6.07, 6.45) is 5.99. The van der Waals surface area contributed by atoms with Crippen LogP contribution in [0.1, 0.15) is 47.9 Å². The second kappa shape index (κ2) is 10.7. The van der Waals surface area contributed by atoms with Crippen LogP contribution in [0.3, 0.4) is 0 Å². The molecule has 8 nitrogen and oxygen atoms in total. The number of aliphatic hydroxyl groups is 2. The molecule has 12 heteroatoms. The minimum absolute atomic E-state index is 0.0879. The van der Waals surface area contributed by atoms with Crippen molar-refractivity contribution in [2.75, 3.05) is 4.90 Å². The lowest BCUT2D eigenvalue weighted by atomic mass is 9.68. The highest BCUT2D eigenvalue weighted by Crippen LogP contribution is 2.46. The number of nitrogens with one attached hydrogen (secondary N) is 1. The van der Waals surface area contributed by atoms with Gasteiger partial charge in [-0.3, -0.25) is 14.8 Å². The smallest absolute Gasteiger partial charge is 0.392 e. The number of hydrogen-bond acceptors (Lipinski definition) is 7. The Morgan fingerprint density at radius 3 is 1.87 bits per heavy atom. The van der Waals surface area contributed by atoms with Gasteiger partial charge in [-0.05, 0) is 70.4 Å². The summed E-state index contributed by atoms with van der Waals surface area (Å²) in [5.74, 6) is -2.01. The number of pyridine rings is 2.